The summed E-state index contributed by atoms with van der Waals surface area (Å²) in [6.45, 7) is 3.99. The van der Waals surface area contributed by atoms with Crippen LogP contribution in [0.15, 0.2) is 16.5 Å². The van der Waals surface area contributed by atoms with E-state index in [1.165, 1.54) is 16.6 Å². The smallest absolute Gasteiger partial charge is 0.371 e. The van der Waals surface area contributed by atoms with Crippen LogP contribution < -0.4 is 0 Å². The Kier molecular flexibility index (Phi) is 4.17. The monoisotopic (exact) mass is 302 g/mol. The van der Waals surface area contributed by atoms with Crippen molar-refractivity contribution in [1.82, 2.24) is 9.21 Å². The molecular formula is C12H18N2O5S. The van der Waals surface area contributed by atoms with E-state index in [-0.39, 0.29) is 11.8 Å². The Morgan fingerprint density at radius 2 is 1.90 bits per heavy atom. The fourth-order valence-electron chi connectivity index (χ4n) is 2.29. The zero-order chi connectivity index (χ0) is 14.9. The predicted octanol–water partition coefficient (Wildman–Crippen LogP) is 0.616. The Labute approximate surface area is 117 Å². The fraction of sp³-hybridized carbons (Fsp3) is 0.583. The number of carbonyl (C=O) groups is 1. The molecule has 0 radical (unpaired) electrons. The van der Waals surface area contributed by atoms with Crippen LogP contribution in [0.3, 0.4) is 0 Å². The number of hydrogen-bond donors (Lipinski definition) is 1. The van der Waals surface area contributed by atoms with Gasteiger partial charge in [-0.3, -0.25) is 4.90 Å². The molecule has 0 saturated carbocycles. The van der Waals surface area contributed by atoms with Gasteiger partial charge in [-0.15, -0.1) is 0 Å². The van der Waals surface area contributed by atoms with Gasteiger partial charge in [0, 0.05) is 26.2 Å². The molecule has 8 heteroatoms. The SMILES string of the molecule is CC(c1ccc(C(=O)O)o1)N1CCN(S(C)(=O)=O)CC1. The largest absolute Gasteiger partial charge is 0.475 e. The van der Waals surface area contributed by atoms with Crippen molar-refractivity contribution in [3.63, 3.8) is 0 Å². The number of carboxylic acid groups (broad SMARTS) is 1. The van der Waals surface area contributed by atoms with Crippen LogP contribution in [0, 0.1) is 0 Å². The highest BCUT2D eigenvalue weighted by atomic mass is 32.2. The molecule has 112 valence electrons. The first-order chi connectivity index (χ1) is 9.29. The maximum atomic E-state index is 11.4. The molecule has 1 saturated heterocycles. The summed E-state index contributed by atoms with van der Waals surface area (Å²) in [5.74, 6) is -0.595. The highest BCUT2D eigenvalue weighted by Crippen LogP contribution is 2.24. The molecule has 2 heterocycles. The van der Waals surface area contributed by atoms with Crippen molar-refractivity contribution in [2.45, 2.75) is 13.0 Å². The van der Waals surface area contributed by atoms with Gasteiger partial charge in [0.2, 0.25) is 15.8 Å². The normalized spacial score (nSPS) is 19.9. The molecule has 7 nitrogen and oxygen atoms in total. The number of piperazine rings is 1. The first-order valence-corrected chi connectivity index (χ1v) is 8.16. The van der Waals surface area contributed by atoms with E-state index in [2.05, 4.69) is 4.90 Å². The minimum atomic E-state index is -3.14. The second-order valence-electron chi connectivity index (χ2n) is 4.88. The molecule has 0 aromatic carbocycles. The van der Waals surface area contributed by atoms with Crippen LogP contribution in [0.1, 0.15) is 29.3 Å². The molecule has 1 aliphatic rings. The van der Waals surface area contributed by atoms with Gasteiger partial charge < -0.3 is 9.52 Å². The van der Waals surface area contributed by atoms with Crippen LogP contribution >= 0.6 is 0 Å². The van der Waals surface area contributed by atoms with Crippen LogP contribution in [0.5, 0.6) is 0 Å². The lowest BCUT2D eigenvalue weighted by Crippen LogP contribution is -2.48. The summed E-state index contributed by atoms with van der Waals surface area (Å²) in [6, 6.07) is 3.00. The van der Waals surface area contributed by atoms with Crippen molar-refractivity contribution >= 4 is 16.0 Å². The van der Waals surface area contributed by atoms with Crippen molar-refractivity contribution in [2.75, 3.05) is 32.4 Å². The number of carboxylic acids is 1. The summed E-state index contributed by atoms with van der Waals surface area (Å²) < 4.78 is 29.6. The zero-order valence-electron chi connectivity index (χ0n) is 11.4. The topological polar surface area (TPSA) is 91.1 Å². The molecule has 20 heavy (non-hydrogen) atoms. The van der Waals surface area contributed by atoms with E-state index in [1.807, 2.05) is 6.92 Å². The summed E-state index contributed by atoms with van der Waals surface area (Å²) in [7, 11) is -3.14. The van der Waals surface area contributed by atoms with Crippen molar-refractivity contribution in [3.05, 3.63) is 23.7 Å². The zero-order valence-corrected chi connectivity index (χ0v) is 12.3. The van der Waals surface area contributed by atoms with Gasteiger partial charge in [0.15, 0.2) is 0 Å². The summed E-state index contributed by atoms with van der Waals surface area (Å²) in [5.41, 5.74) is 0. The third-order valence-corrected chi connectivity index (χ3v) is 4.84. The van der Waals surface area contributed by atoms with E-state index in [1.54, 1.807) is 6.07 Å². The second-order valence-corrected chi connectivity index (χ2v) is 6.86. The van der Waals surface area contributed by atoms with Crippen LogP contribution in [-0.4, -0.2) is 61.1 Å². The van der Waals surface area contributed by atoms with Crippen LogP contribution in [-0.2, 0) is 10.0 Å². The fourth-order valence-corrected chi connectivity index (χ4v) is 3.12. The van der Waals surface area contributed by atoms with E-state index in [9.17, 15) is 13.2 Å². The quantitative estimate of drug-likeness (QED) is 0.876. The average molecular weight is 302 g/mol. The Bertz CT molecular complexity index is 587. The minimum absolute atomic E-state index is 0.0789. The van der Waals surface area contributed by atoms with Gasteiger partial charge in [0.25, 0.3) is 0 Å². The van der Waals surface area contributed by atoms with Gasteiger partial charge >= 0.3 is 5.97 Å². The third kappa shape index (κ3) is 3.20. The summed E-state index contributed by atoms with van der Waals surface area (Å²) in [4.78, 5) is 12.9. The van der Waals surface area contributed by atoms with Crippen LogP contribution in [0.25, 0.3) is 0 Å². The molecule has 1 fully saturated rings. The van der Waals surface area contributed by atoms with E-state index in [0.717, 1.165) is 0 Å². The molecule has 2 rings (SSSR count). The van der Waals surface area contributed by atoms with Gasteiger partial charge in [0.05, 0.1) is 12.3 Å². The Balaban J connectivity index is 2.01. The lowest BCUT2D eigenvalue weighted by molar-refractivity contribution is 0.0653. The number of aromatic carboxylic acids is 1. The first kappa shape index (κ1) is 15.0. The molecule has 1 aliphatic heterocycles. The lowest BCUT2D eigenvalue weighted by atomic mass is 10.2. The van der Waals surface area contributed by atoms with Crippen LogP contribution in [0.2, 0.25) is 0 Å². The van der Waals surface area contributed by atoms with E-state index in [4.69, 9.17) is 9.52 Å². The molecule has 1 N–H and O–H groups in total. The Hall–Kier alpha value is -1.38. The summed E-state index contributed by atoms with van der Waals surface area (Å²) in [6.07, 6.45) is 1.21. The van der Waals surface area contributed by atoms with E-state index in [0.29, 0.717) is 31.9 Å². The van der Waals surface area contributed by atoms with Crippen LogP contribution in [0.4, 0.5) is 0 Å². The average Bonchev–Trinajstić information content (AvgIpc) is 2.86. The third-order valence-electron chi connectivity index (χ3n) is 3.54. The number of rotatable bonds is 4. The number of sulfonamides is 1. The van der Waals surface area contributed by atoms with Crippen molar-refractivity contribution < 1.29 is 22.7 Å². The molecule has 1 aromatic heterocycles. The molecule has 1 unspecified atom stereocenters. The minimum Gasteiger partial charge on any atom is -0.475 e. The van der Waals surface area contributed by atoms with Gasteiger partial charge in [-0.1, -0.05) is 0 Å². The molecule has 1 aromatic rings. The predicted molar refractivity (Wildman–Crippen MR) is 72.1 cm³/mol. The molecule has 1 atom stereocenters. The maximum Gasteiger partial charge on any atom is 0.371 e. The summed E-state index contributed by atoms with van der Waals surface area (Å²) >= 11 is 0. The highest BCUT2D eigenvalue weighted by Gasteiger charge is 2.28. The van der Waals surface area contributed by atoms with E-state index < -0.39 is 16.0 Å². The standard InChI is InChI=1S/C12H18N2O5S/c1-9(10-3-4-11(19-10)12(15)16)13-5-7-14(8-6-13)20(2,17)18/h3-4,9H,5-8H2,1-2H3,(H,15,16). The second kappa shape index (κ2) is 5.55. The van der Waals surface area contributed by atoms with Gasteiger partial charge in [0.1, 0.15) is 5.76 Å². The lowest BCUT2D eigenvalue weighted by Gasteiger charge is -2.36. The molecular weight excluding hydrogens is 284 g/mol. The maximum absolute atomic E-state index is 11.4. The van der Waals surface area contributed by atoms with Gasteiger partial charge in [-0.2, -0.15) is 4.31 Å². The van der Waals surface area contributed by atoms with Gasteiger partial charge in [-0.25, -0.2) is 13.2 Å². The first-order valence-electron chi connectivity index (χ1n) is 6.31. The molecule has 0 bridgehead atoms. The van der Waals surface area contributed by atoms with Crippen molar-refractivity contribution in [1.29, 1.82) is 0 Å². The molecule has 0 spiro atoms. The van der Waals surface area contributed by atoms with Crippen molar-refractivity contribution in [2.24, 2.45) is 0 Å². The number of furan rings is 1. The Morgan fingerprint density at radius 3 is 2.35 bits per heavy atom. The van der Waals surface area contributed by atoms with Crippen molar-refractivity contribution in [3.8, 4) is 0 Å². The highest BCUT2D eigenvalue weighted by molar-refractivity contribution is 7.88. The van der Waals surface area contributed by atoms with E-state index >= 15 is 0 Å². The molecule has 0 amide bonds. The molecule has 0 aliphatic carbocycles. The Morgan fingerprint density at radius 1 is 1.30 bits per heavy atom. The number of hydrogen-bond acceptors (Lipinski definition) is 5. The number of nitrogens with zero attached hydrogens (tertiary/aromatic N) is 2. The summed E-state index contributed by atoms with van der Waals surface area (Å²) in [5, 5.41) is 8.83. The van der Waals surface area contributed by atoms with Gasteiger partial charge in [-0.05, 0) is 19.1 Å².